The topological polar surface area (TPSA) is 38.3 Å². The average molecular weight is 219 g/mol. The molecule has 1 aliphatic carbocycles. The summed E-state index contributed by atoms with van der Waals surface area (Å²) in [5.74, 6) is 0. The quantitative estimate of drug-likeness (QED) is 0.826. The fraction of sp³-hybridized carbons (Fsp3) is 0.462. The van der Waals surface area contributed by atoms with Crippen molar-refractivity contribution in [2.45, 2.75) is 38.7 Å². The molecule has 16 heavy (non-hydrogen) atoms. The molecule has 0 heterocycles. The number of ether oxygens (including phenoxy) is 1. The Morgan fingerprint density at radius 1 is 1.38 bits per heavy atom. The molecular weight excluding hydrogens is 202 g/mol. The number of carbonyl (C=O) groups is 1. The Bertz CT molecular complexity index is 370. The lowest BCUT2D eigenvalue weighted by Gasteiger charge is -2.12. The number of aryl methyl sites for hydroxylation is 1. The van der Waals surface area contributed by atoms with Gasteiger partial charge < -0.3 is 4.74 Å². The second-order valence-corrected chi connectivity index (χ2v) is 4.31. The van der Waals surface area contributed by atoms with Crippen LogP contribution in [0.15, 0.2) is 24.3 Å². The lowest BCUT2D eigenvalue weighted by Crippen LogP contribution is -2.20. The number of carbonyl (C=O) groups excluding carboxylic acids is 1. The van der Waals surface area contributed by atoms with Crippen molar-refractivity contribution < 1.29 is 9.53 Å². The molecule has 0 saturated heterocycles. The van der Waals surface area contributed by atoms with Crippen LogP contribution in [0.1, 0.15) is 31.2 Å². The Labute approximate surface area is 95.8 Å². The van der Waals surface area contributed by atoms with E-state index in [1.54, 1.807) is 0 Å². The van der Waals surface area contributed by atoms with Crippen molar-refractivity contribution in [2.75, 3.05) is 5.32 Å². The lowest BCUT2D eigenvalue weighted by molar-refractivity contribution is 0.114. The first-order valence-corrected chi connectivity index (χ1v) is 5.78. The summed E-state index contributed by atoms with van der Waals surface area (Å²) in [6, 6.07) is 7.70. The van der Waals surface area contributed by atoms with E-state index in [1.165, 1.54) is 12.8 Å². The molecule has 1 N–H and O–H groups in total. The molecule has 0 spiro atoms. The van der Waals surface area contributed by atoms with Crippen molar-refractivity contribution in [3.63, 3.8) is 0 Å². The number of anilines is 1. The third-order valence-electron chi connectivity index (χ3n) is 2.84. The number of hydrogen-bond acceptors (Lipinski definition) is 2. The van der Waals surface area contributed by atoms with Crippen LogP contribution in [-0.4, -0.2) is 12.2 Å². The standard InChI is InChI=1S/C13H17NO2/c1-10-5-4-6-11(9-10)14-13(15)16-12-7-2-3-8-12/h4-6,9,12H,2-3,7-8H2,1H3,(H,14,15). The van der Waals surface area contributed by atoms with E-state index < -0.39 is 0 Å². The van der Waals surface area contributed by atoms with Crippen LogP contribution in [0.5, 0.6) is 0 Å². The Morgan fingerprint density at radius 3 is 2.81 bits per heavy atom. The molecule has 1 aliphatic rings. The minimum atomic E-state index is -0.336. The average Bonchev–Trinajstić information content (AvgIpc) is 2.70. The molecule has 0 unspecified atom stereocenters. The van der Waals surface area contributed by atoms with Crippen molar-refractivity contribution in [1.29, 1.82) is 0 Å². The summed E-state index contributed by atoms with van der Waals surface area (Å²) in [5, 5.41) is 2.75. The summed E-state index contributed by atoms with van der Waals surface area (Å²) in [4.78, 5) is 11.5. The van der Waals surface area contributed by atoms with Crippen LogP contribution in [0, 0.1) is 6.92 Å². The van der Waals surface area contributed by atoms with E-state index in [9.17, 15) is 4.79 Å². The molecule has 1 aromatic carbocycles. The summed E-state index contributed by atoms with van der Waals surface area (Å²) in [6.07, 6.45) is 4.12. The van der Waals surface area contributed by atoms with Gasteiger partial charge in [0.15, 0.2) is 0 Å². The molecule has 1 saturated carbocycles. The number of nitrogens with one attached hydrogen (secondary N) is 1. The van der Waals surface area contributed by atoms with Crippen molar-refractivity contribution in [3.8, 4) is 0 Å². The van der Waals surface area contributed by atoms with Crippen molar-refractivity contribution in [3.05, 3.63) is 29.8 Å². The smallest absolute Gasteiger partial charge is 0.411 e. The highest BCUT2D eigenvalue weighted by Crippen LogP contribution is 2.21. The molecule has 3 nitrogen and oxygen atoms in total. The summed E-state index contributed by atoms with van der Waals surface area (Å²) < 4.78 is 5.31. The van der Waals surface area contributed by atoms with E-state index in [0.29, 0.717) is 0 Å². The summed E-state index contributed by atoms with van der Waals surface area (Å²) in [5.41, 5.74) is 1.92. The van der Waals surface area contributed by atoms with Gasteiger partial charge in [-0.2, -0.15) is 0 Å². The molecule has 0 aromatic heterocycles. The second kappa shape index (κ2) is 5.01. The highest BCUT2D eigenvalue weighted by molar-refractivity contribution is 5.84. The van der Waals surface area contributed by atoms with Crippen LogP contribution in [0.4, 0.5) is 10.5 Å². The maximum absolute atomic E-state index is 11.5. The summed E-state index contributed by atoms with van der Waals surface area (Å²) >= 11 is 0. The maximum atomic E-state index is 11.5. The van der Waals surface area contributed by atoms with E-state index >= 15 is 0 Å². The molecule has 3 heteroatoms. The fourth-order valence-electron chi connectivity index (χ4n) is 2.03. The highest BCUT2D eigenvalue weighted by atomic mass is 16.6. The SMILES string of the molecule is Cc1cccc(NC(=O)OC2CCCC2)c1. The van der Waals surface area contributed by atoms with Crippen molar-refractivity contribution in [2.24, 2.45) is 0 Å². The van der Waals surface area contributed by atoms with E-state index in [-0.39, 0.29) is 12.2 Å². The van der Waals surface area contributed by atoms with Gasteiger partial charge in [-0.1, -0.05) is 12.1 Å². The van der Waals surface area contributed by atoms with E-state index in [0.717, 1.165) is 24.1 Å². The van der Waals surface area contributed by atoms with E-state index in [1.807, 2.05) is 31.2 Å². The molecule has 1 aromatic rings. The first-order valence-electron chi connectivity index (χ1n) is 5.78. The predicted molar refractivity (Wildman–Crippen MR) is 63.5 cm³/mol. The first-order chi connectivity index (χ1) is 7.74. The van der Waals surface area contributed by atoms with Gasteiger partial charge in [-0.25, -0.2) is 4.79 Å². The Kier molecular flexibility index (Phi) is 3.44. The molecule has 0 aliphatic heterocycles. The van der Waals surface area contributed by atoms with Gasteiger partial charge in [0.25, 0.3) is 0 Å². The third kappa shape index (κ3) is 2.99. The van der Waals surface area contributed by atoms with Gasteiger partial charge in [0, 0.05) is 5.69 Å². The highest BCUT2D eigenvalue weighted by Gasteiger charge is 2.18. The zero-order valence-electron chi connectivity index (χ0n) is 9.53. The van der Waals surface area contributed by atoms with Gasteiger partial charge in [0.2, 0.25) is 0 Å². The van der Waals surface area contributed by atoms with Gasteiger partial charge in [0.05, 0.1) is 0 Å². The van der Waals surface area contributed by atoms with E-state index in [2.05, 4.69) is 5.32 Å². The zero-order chi connectivity index (χ0) is 11.4. The minimum absolute atomic E-state index is 0.116. The van der Waals surface area contributed by atoms with Gasteiger partial charge in [-0.05, 0) is 50.3 Å². The molecule has 0 bridgehead atoms. The largest absolute Gasteiger partial charge is 0.446 e. The molecule has 86 valence electrons. The second-order valence-electron chi connectivity index (χ2n) is 4.31. The number of amides is 1. The molecular formula is C13H17NO2. The molecule has 1 amide bonds. The van der Waals surface area contributed by atoms with Crippen LogP contribution in [0.3, 0.4) is 0 Å². The fourth-order valence-corrected chi connectivity index (χ4v) is 2.03. The van der Waals surface area contributed by atoms with Crippen LogP contribution < -0.4 is 5.32 Å². The number of rotatable bonds is 2. The monoisotopic (exact) mass is 219 g/mol. The van der Waals surface area contributed by atoms with Crippen molar-refractivity contribution >= 4 is 11.8 Å². The van der Waals surface area contributed by atoms with Crippen LogP contribution >= 0.6 is 0 Å². The Hall–Kier alpha value is -1.51. The molecule has 1 fully saturated rings. The van der Waals surface area contributed by atoms with E-state index in [4.69, 9.17) is 4.74 Å². The maximum Gasteiger partial charge on any atom is 0.411 e. The van der Waals surface area contributed by atoms with Crippen molar-refractivity contribution in [1.82, 2.24) is 0 Å². The molecule has 0 atom stereocenters. The van der Waals surface area contributed by atoms with Gasteiger partial charge in [-0.15, -0.1) is 0 Å². The first kappa shape index (κ1) is 11.0. The van der Waals surface area contributed by atoms with Gasteiger partial charge >= 0.3 is 6.09 Å². The zero-order valence-corrected chi connectivity index (χ0v) is 9.53. The minimum Gasteiger partial charge on any atom is -0.446 e. The summed E-state index contributed by atoms with van der Waals surface area (Å²) in [7, 11) is 0. The third-order valence-corrected chi connectivity index (χ3v) is 2.84. The lowest BCUT2D eigenvalue weighted by atomic mass is 10.2. The normalized spacial score (nSPS) is 16.1. The number of benzene rings is 1. The van der Waals surface area contributed by atoms with Crippen LogP contribution in [-0.2, 0) is 4.74 Å². The Morgan fingerprint density at radius 2 is 2.12 bits per heavy atom. The number of hydrogen-bond donors (Lipinski definition) is 1. The molecule has 2 rings (SSSR count). The van der Waals surface area contributed by atoms with Crippen LogP contribution in [0.2, 0.25) is 0 Å². The Balaban J connectivity index is 1.86. The summed E-state index contributed by atoms with van der Waals surface area (Å²) in [6.45, 7) is 1.99. The molecule has 0 radical (unpaired) electrons. The predicted octanol–water partition coefficient (Wildman–Crippen LogP) is 3.49. The van der Waals surface area contributed by atoms with Gasteiger partial charge in [0.1, 0.15) is 6.10 Å². The van der Waals surface area contributed by atoms with Crippen LogP contribution in [0.25, 0.3) is 0 Å². The van der Waals surface area contributed by atoms with Gasteiger partial charge in [-0.3, -0.25) is 5.32 Å².